The lowest BCUT2D eigenvalue weighted by Crippen LogP contribution is -2.16. The summed E-state index contributed by atoms with van der Waals surface area (Å²) >= 11 is 1.59. The van der Waals surface area contributed by atoms with Gasteiger partial charge >= 0.3 is 0 Å². The Morgan fingerprint density at radius 2 is 2.48 bits per heavy atom. The van der Waals surface area contributed by atoms with Crippen LogP contribution in [0.5, 0.6) is 0 Å². The molecule has 2 aromatic heterocycles. The fourth-order valence-corrected chi connectivity index (χ4v) is 3.59. The summed E-state index contributed by atoms with van der Waals surface area (Å²) < 4.78 is 0. The number of hydrogen-bond donors (Lipinski definition) is 1. The number of hydrogen-bond acceptors (Lipinski definition) is 4. The molecule has 0 saturated carbocycles. The van der Waals surface area contributed by atoms with Gasteiger partial charge in [0.25, 0.3) is 5.91 Å². The number of fused-ring (bicyclic) bond motifs is 1. The molecule has 0 radical (unpaired) electrons. The molecule has 3 rings (SSSR count). The van der Waals surface area contributed by atoms with E-state index in [9.17, 15) is 4.79 Å². The molecule has 0 spiro atoms. The van der Waals surface area contributed by atoms with Crippen molar-refractivity contribution in [2.24, 2.45) is 11.0 Å². The lowest BCUT2D eigenvalue weighted by atomic mass is 9.90. The normalized spacial score (nSPS) is 17.7. The monoisotopic (exact) mass is 299 g/mol. The van der Waals surface area contributed by atoms with Crippen molar-refractivity contribution < 1.29 is 4.79 Å². The maximum atomic E-state index is 12.1. The first-order chi connectivity index (χ1) is 10.2. The van der Waals surface area contributed by atoms with E-state index in [0.29, 0.717) is 5.92 Å². The summed E-state index contributed by atoms with van der Waals surface area (Å²) in [5, 5.41) is 3.98. The van der Waals surface area contributed by atoms with Crippen LogP contribution in [0, 0.1) is 5.92 Å². The number of nitrogens with one attached hydrogen (secondary N) is 1. The van der Waals surface area contributed by atoms with Gasteiger partial charge in [0.15, 0.2) is 0 Å². The lowest BCUT2D eigenvalue weighted by Gasteiger charge is -2.16. The van der Waals surface area contributed by atoms with E-state index in [1.54, 1.807) is 29.9 Å². The second kappa shape index (κ2) is 6.18. The first-order valence-electron chi connectivity index (χ1n) is 7.07. The first kappa shape index (κ1) is 13.9. The van der Waals surface area contributed by atoms with Gasteiger partial charge in [-0.2, -0.15) is 5.10 Å². The zero-order valence-corrected chi connectivity index (χ0v) is 12.7. The van der Waals surface area contributed by atoms with Gasteiger partial charge < -0.3 is 0 Å². The van der Waals surface area contributed by atoms with E-state index in [-0.39, 0.29) is 5.91 Å². The van der Waals surface area contributed by atoms with E-state index >= 15 is 0 Å². The fraction of sp³-hybridized carbons (Fsp3) is 0.312. The maximum Gasteiger partial charge on any atom is 0.281 e. The predicted molar refractivity (Wildman–Crippen MR) is 84.8 cm³/mol. The number of pyridine rings is 1. The number of rotatable bonds is 3. The first-order valence-corrected chi connectivity index (χ1v) is 7.89. The molecule has 2 heterocycles. The smallest absolute Gasteiger partial charge is 0.266 e. The Morgan fingerprint density at radius 1 is 1.57 bits per heavy atom. The number of aromatic nitrogens is 1. The van der Waals surface area contributed by atoms with Gasteiger partial charge in [-0.3, -0.25) is 9.78 Å². The summed E-state index contributed by atoms with van der Waals surface area (Å²) in [4.78, 5) is 18.2. The van der Waals surface area contributed by atoms with Crippen molar-refractivity contribution in [2.45, 2.75) is 26.2 Å². The van der Waals surface area contributed by atoms with E-state index in [2.05, 4.69) is 22.4 Å². The molecule has 0 fully saturated rings. The van der Waals surface area contributed by atoms with E-state index in [1.165, 1.54) is 16.9 Å². The molecule has 21 heavy (non-hydrogen) atoms. The summed E-state index contributed by atoms with van der Waals surface area (Å²) in [5.41, 5.74) is 4.77. The Hall–Kier alpha value is -2.01. The maximum absolute atomic E-state index is 12.1. The van der Waals surface area contributed by atoms with Crippen LogP contribution >= 0.6 is 11.3 Å². The van der Waals surface area contributed by atoms with Gasteiger partial charge in [-0.05, 0) is 42.9 Å². The largest absolute Gasteiger partial charge is 0.281 e. The highest BCUT2D eigenvalue weighted by molar-refractivity contribution is 7.14. The van der Waals surface area contributed by atoms with Crippen LogP contribution < -0.4 is 5.43 Å². The summed E-state index contributed by atoms with van der Waals surface area (Å²) in [6.45, 7) is 2.26. The molecule has 1 N–H and O–H groups in total. The van der Waals surface area contributed by atoms with Crippen molar-refractivity contribution >= 4 is 23.5 Å². The van der Waals surface area contributed by atoms with Gasteiger partial charge in [0.2, 0.25) is 0 Å². The third kappa shape index (κ3) is 3.36. The molecular formula is C16H17N3OS. The molecule has 4 nitrogen and oxygen atoms in total. The van der Waals surface area contributed by atoms with E-state index in [1.807, 2.05) is 18.2 Å². The Labute approximate surface area is 127 Å². The van der Waals surface area contributed by atoms with Crippen LogP contribution in [-0.2, 0) is 12.8 Å². The van der Waals surface area contributed by atoms with Crippen LogP contribution in [0.2, 0.25) is 0 Å². The number of hydrazone groups is 1. The van der Waals surface area contributed by atoms with Crippen molar-refractivity contribution in [2.75, 3.05) is 0 Å². The van der Waals surface area contributed by atoms with Crippen LogP contribution in [0.4, 0.5) is 0 Å². The quantitative estimate of drug-likeness (QED) is 0.699. The van der Waals surface area contributed by atoms with Crippen molar-refractivity contribution in [1.82, 2.24) is 10.4 Å². The van der Waals surface area contributed by atoms with Gasteiger partial charge in [-0.25, -0.2) is 5.43 Å². The average Bonchev–Trinajstić information content (AvgIpc) is 2.91. The molecule has 0 bridgehead atoms. The van der Waals surface area contributed by atoms with E-state index in [4.69, 9.17) is 0 Å². The predicted octanol–water partition coefficient (Wildman–Crippen LogP) is 3.03. The number of carbonyl (C=O) groups is 1. The summed E-state index contributed by atoms with van der Waals surface area (Å²) in [6, 6.07) is 5.73. The summed E-state index contributed by atoms with van der Waals surface area (Å²) in [6.07, 6.45) is 8.38. The van der Waals surface area contributed by atoms with Gasteiger partial charge in [0.05, 0.1) is 11.1 Å². The average molecular weight is 299 g/mol. The topological polar surface area (TPSA) is 54.4 Å². The molecule has 1 unspecified atom stereocenters. The van der Waals surface area contributed by atoms with Gasteiger partial charge in [-0.15, -0.1) is 11.3 Å². The Bertz CT molecular complexity index is 663. The number of carbonyl (C=O) groups excluding carboxylic acids is 1. The zero-order valence-electron chi connectivity index (χ0n) is 11.9. The number of thiophene rings is 1. The minimum Gasteiger partial charge on any atom is -0.266 e. The second-order valence-corrected chi connectivity index (χ2v) is 6.53. The van der Waals surface area contributed by atoms with Crippen LogP contribution in [0.25, 0.3) is 0 Å². The van der Waals surface area contributed by atoms with Gasteiger partial charge in [0, 0.05) is 22.8 Å². The molecule has 1 amide bonds. The van der Waals surface area contributed by atoms with Crippen LogP contribution in [0.1, 0.15) is 39.0 Å². The molecular weight excluding hydrogens is 282 g/mol. The van der Waals surface area contributed by atoms with Gasteiger partial charge in [-0.1, -0.05) is 13.0 Å². The Morgan fingerprint density at radius 3 is 3.29 bits per heavy atom. The van der Waals surface area contributed by atoms with Crippen molar-refractivity contribution in [3.63, 3.8) is 0 Å². The lowest BCUT2D eigenvalue weighted by molar-refractivity contribution is 0.0959. The summed E-state index contributed by atoms with van der Waals surface area (Å²) in [7, 11) is 0. The number of aryl methyl sites for hydroxylation is 1. The van der Waals surface area contributed by atoms with Gasteiger partial charge in [0.1, 0.15) is 0 Å². The van der Waals surface area contributed by atoms with Crippen molar-refractivity contribution in [3.8, 4) is 0 Å². The Kier molecular flexibility index (Phi) is 4.10. The molecule has 1 atom stereocenters. The summed E-state index contributed by atoms with van der Waals surface area (Å²) in [5.74, 6) is 0.578. The van der Waals surface area contributed by atoms with E-state index < -0.39 is 0 Å². The standard InChI is InChI=1S/C16H17N3OS/c1-11-4-5-14-13(7-11)8-15(21-14)16(20)19-18-10-12-3-2-6-17-9-12/h2-3,6,8-11H,4-5,7H2,1H3,(H,19,20). The molecule has 108 valence electrons. The van der Waals surface area contributed by atoms with Crippen LogP contribution in [0.3, 0.4) is 0 Å². The van der Waals surface area contributed by atoms with E-state index in [0.717, 1.165) is 23.3 Å². The molecule has 0 aliphatic heterocycles. The third-order valence-electron chi connectivity index (χ3n) is 3.62. The zero-order chi connectivity index (χ0) is 14.7. The SMILES string of the molecule is CC1CCc2sc(C(=O)NN=Cc3cccnc3)cc2C1. The second-order valence-electron chi connectivity index (χ2n) is 5.39. The minimum absolute atomic E-state index is 0.137. The molecule has 5 heteroatoms. The molecule has 2 aromatic rings. The number of nitrogens with zero attached hydrogens (tertiary/aromatic N) is 2. The molecule has 1 aliphatic rings. The highest BCUT2D eigenvalue weighted by Crippen LogP contribution is 2.32. The molecule has 0 saturated heterocycles. The fourth-order valence-electron chi connectivity index (χ4n) is 2.49. The highest BCUT2D eigenvalue weighted by atomic mass is 32.1. The highest BCUT2D eigenvalue weighted by Gasteiger charge is 2.20. The minimum atomic E-state index is -0.137. The Balaban J connectivity index is 1.65. The van der Waals surface area contributed by atoms with Crippen LogP contribution in [0.15, 0.2) is 35.7 Å². The van der Waals surface area contributed by atoms with Crippen molar-refractivity contribution in [3.05, 3.63) is 51.5 Å². The van der Waals surface area contributed by atoms with Crippen LogP contribution in [-0.4, -0.2) is 17.1 Å². The molecule has 0 aromatic carbocycles. The number of amides is 1. The molecule has 1 aliphatic carbocycles. The third-order valence-corrected chi connectivity index (χ3v) is 4.85. The van der Waals surface area contributed by atoms with Crippen molar-refractivity contribution in [1.29, 1.82) is 0 Å².